The first kappa shape index (κ1) is 14.9. The number of rotatable bonds is 2. The van der Waals surface area contributed by atoms with Crippen molar-refractivity contribution in [2.24, 2.45) is 0 Å². The Morgan fingerprint density at radius 2 is 2.04 bits per heavy atom. The molecule has 122 valence electrons. The molecule has 6 nitrogen and oxygen atoms in total. The van der Waals surface area contributed by atoms with E-state index in [1.807, 2.05) is 25.3 Å². The van der Waals surface area contributed by atoms with E-state index in [1.54, 1.807) is 28.7 Å². The van der Waals surface area contributed by atoms with Gasteiger partial charge in [-0.1, -0.05) is 24.3 Å². The molecule has 3 heterocycles. The number of fused-ring (bicyclic) bond motifs is 2. The molecule has 0 bridgehead atoms. The summed E-state index contributed by atoms with van der Waals surface area (Å²) in [6, 6.07) is 9.99. The van der Waals surface area contributed by atoms with Crippen molar-refractivity contribution in [3.63, 3.8) is 0 Å². The summed E-state index contributed by atoms with van der Waals surface area (Å²) >= 11 is 0. The fourth-order valence-electron chi connectivity index (χ4n) is 3.06. The topological polar surface area (TPSA) is 80.5 Å². The molecule has 0 radical (unpaired) electrons. The van der Waals surface area contributed by atoms with Gasteiger partial charge in [0, 0.05) is 6.20 Å². The van der Waals surface area contributed by atoms with Gasteiger partial charge in [0.2, 0.25) is 0 Å². The summed E-state index contributed by atoms with van der Waals surface area (Å²) in [5, 5.41) is 2.83. The molecule has 1 atom stereocenters. The summed E-state index contributed by atoms with van der Waals surface area (Å²) in [6.07, 6.45) is 3.33. The van der Waals surface area contributed by atoms with Crippen molar-refractivity contribution in [1.82, 2.24) is 14.7 Å². The third-order valence-corrected chi connectivity index (χ3v) is 6.02. The number of nitrogens with zero attached hydrogens (tertiary/aromatic N) is 2. The molecule has 1 amide bonds. The van der Waals surface area contributed by atoms with E-state index < -0.39 is 15.9 Å². The molecule has 0 spiro atoms. The highest BCUT2D eigenvalue weighted by Crippen LogP contribution is 2.33. The second-order valence-electron chi connectivity index (χ2n) is 5.92. The third kappa shape index (κ3) is 2.28. The van der Waals surface area contributed by atoms with Gasteiger partial charge >= 0.3 is 0 Å². The normalized spacial score (nSPS) is 18.5. The van der Waals surface area contributed by atoms with Gasteiger partial charge in [0.15, 0.2) is 9.84 Å². The standard InChI is InChI=1S/C17H15N3O3S/c1-11-6-7-16-18-8-14(20(16)9-11)17(21)19-13-10-24(22,23)15-5-3-2-4-12(13)15/h2-9,13H,10H2,1H3,(H,19,21). The zero-order valence-electron chi connectivity index (χ0n) is 12.9. The van der Waals surface area contributed by atoms with Gasteiger partial charge in [0.1, 0.15) is 11.3 Å². The summed E-state index contributed by atoms with van der Waals surface area (Å²) in [5.41, 5.74) is 2.69. The van der Waals surface area contributed by atoms with Gasteiger partial charge in [-0.2, -0.15) is 0 Å². The SMILES string of the molecule is Cc1ccc2ncc(C(=O)NC3CS(=O)(=O)c4ccccc43)n2c1. The van der Waals surface area contributed by atoms with Crippen LogP contribution in [0.1, 0.15) is 27.7 Å². The van der Waals surface area contributed by atoms with E-state index in [0.29, 0.717) is 21.8 Å². The molecule has 0 aliphatic carbocycles. The van der Waals surface area contributed by atoms with Crippen molar-refractivity contribution in [2.45, 2.75) is 17.9 Å². The summed E-state index contributed by atoms with van der Waals surface area (Å²) in [7, 11) is -3.36. The Morgan fingerprint density at radius 1 is 1.25 bits per heavy atom. The number of hydrogen-bond acceptors (Lipinski definition) is 4. The number of aromatic nitrogens is 2. The van der Waals surface area contributed by atoms with Gasteiger partial charge in [-0.3, -0.25) is 9.20 Å². The van der Waals surface area contributed by atoms with Crippen molar-refractivity contribution in [2.75, 3.05) is 5.75 Å². The minimum Gasteiger partial charge on any atom is -0.343 e. The Balaban J connectivity index is 1.69. The molecule has 7 heteroatoms. The molecule has 1 aliphatic rings. The molecule has 1 aliphatic heterocycles. The molecule has 1 unspecified atom stereocenters. The van der Waals surface area contributed by atoms with Gasteiger partial charge in [-0.05, 0) is 30.2 Å². The molecule has 0 saturated heterocycles. The number of carbonyl (C=O) groups excluding carboxylic acids is 1. The maximum absolute atomic E-state index is 12.6. The lowest BCUT2D eigenvalue weighted by Gasteiger charge is -2.12. The number of aryl methyl sites for hydroxylation is 1. The minimum absolute atomic E-state index is 0.117. The number of carbonyl (C=O) groups is 1. The first-order valence-electron chi connectivity index (χ1n) is 7.52. The highest BCUT2D eigenvalue weighted by atomic mass is 32.2. The van der Waals surface area contributed by atoms with Gasteiger partial charge in [0.05, 0.1) is 22.9 Å². The predicted molar refractivity (Wildman–Crippen MR) is 88.6 cm³/mol. The van der Waals surface area contributed by atoms with Crippen molar-refractivity contribution < 1.29 is 13.2 Å². The molecule has 4 rings (SSSR count). The number of imidazole rings is 1. The van der Waals surface area contributed by atoms with E-state index in [1.165, 1.54) is 6.20 Å². The van der Waals surface area contributed by atoms with Gasteiger partial charge < -0.3 is 5.32 Å². The largest absolute Gasteiger partial charge is 0.343 e. The molecular weight excluding hydrogens is 326 g/mol. The lowest BCUT2D eigenvalue weighted by Crippen LogP contribution is -2.30. The van der Waals surface area contributed by atoms with Gasteiger partial charge in [0.25, 0.3) is 5.91 Å². The van der Waals surface area contributed by atoms with E-state index in [9.17, 15) is 13.2 Å². The van der Waals surface area contributed by atoms with Crippen LogP contribution in [0, 0.1) is 6.92 Å². The number of sulfone groups is 1. The fourth-order valence-corrected chi connectivity index (χ4v) is 4.79. The van der Waals surface area contributed by atoms with Crippen molar-refractivity contribution in [3.05, 3.63) is 65.6 Å². The number of pyridine rings is 1. The molecule has 3 aromatic rings. The van der Waals surface area contributed by atoms with E-state index >= 15 is 0 Å². The van der Waals surface area contributed by atoms with Crippen LogP contribution in [-0.2, 0) is 9.84 Å². The third-order valence-electron chi connectivity index (χ3n) is 4.21. The van der Waals surface area contributed by atoms with Crippen LogP contribution in [0.15, 0.2) is 53.7 Å². The Bertz CT molecular complexity index is 1070. The van der Waals surface area contributed by atoms with Crippen LogP contribution in [-0.4, -0.2) is 29.5 Å². The van der Waals surface area contributed by atoms with E-state index in [2.05, 4.69) is 10.3 Å². The van der Waals surface area contributed by atoms with E-state index in [4.69, 9.17) is 0 Å². The molecule has 2 aromatic heterocycles. The monoisotopic (exact) mass is 341 g/mol. The molecule has 1 N–H and O–H groups in total. The number of amides is 1. The van der Waals surface area contributed by atoms with Crippen LogP contribution in [0.5, 0.6) is 0 Å². The zero-order chi connectivity index (χ0) is 16.9. The molecule has 0 saturated carbocycles. The Kier molecular flexibility index (Phi) is 3.21. The van der Waals surface area contributed by atoms with E-state index in [0.717, 1.165) is 5.56 Å². The smallest absolute Gasteiger partial charge is 0.270 e. The molecule has 0 fully saturated rings. The molecule has 1 aromatic carbocycles. The second kappa shape index (κ2) is 5.17. The molecule has 24 heavy (non-hydrogen) atoms. The number of hydrogen-bond donors (Lipinski definition) is 1. The minimum atomic E-state index is -3.36. The van der Waals surface area contributed by atoms with Gasteiger partial charge in [-0.25, -0.2) is 13.4 Å². The first-order chi connectivity index (χ1) is 11.5. The maximum atomic E-state index is 12.6. The Labute approximate surface area is 139 Å². The Hall–Kier alpha value is -2.67. The molecular formula is C17H15N3O3S. The maximum Gasteiger partial charge on any atom is 0.270 e. The van der Waals surface area contributed by atoms with Gasteiger partial charge in [-0.15, -0.1) is 0 Å². The zero-order valence-corrected chi connectivity index (χ0v) is 13.7. The highest BCUT2D eigenvalue weighted by Gasteiger charge is 2.35. The van der Waals surface area contributed by atoms with Crippen molar-refractivity contribution in [3.8, 4) is 0 Å². The highest BCUT2D eigenvalue weighted by molar-refractivity contribution is 7.91. The summed E-state index contributed by atoms with van der Waals surface area (Å²) < 4.78 is 26.1. The average Bonchev–Trinajstić information content (AvgIpc) is 3.07. The fraction of sp³-hybridized carbons (Fsp3) is 0.176. The van der Waals surface area contributed by atoms with Crippen molar-refractivity contribution >= 4 is 21.4 Å². The second-order valence-corrected chi connectivity index (χ2v) is 7.93. The lowest BCUT2D eigenvalue weighted by molar-refractivity contribution is 0.0935. The number of benzene rings is 1. The number of nitrogens with one attached hydrogen (secondary N) is 1. The van der Waals surface area contributed by atoms with Crippen LogP contribution in [0.3, 0.4) is 0 Å². The summed E-state index contributed by atoms with van der Waals surface area (Å²) in [4.78, 5) is 17.1. The van der Waals surface area contributed by atoms with Crippen LogP contribution < -0.4 is 5.32 Å². The van der Waals surface area contributed by atoms with Crippen molar-refractivity contribution in [1.29, 1.82) is 0 Å². The van der Waals surface area contributed by atoms with Crippen LogP contribution in [0.4, 0.5) is 0 Å². The average molecular weight is 341 g/mol. The summed E-state index contributed by atoms with van der Waals surface area (Å²) in [5.74, 6) is -0.460. The quantitative estimate of drug-likeness (QED) is 0.772. The van der Waals surface area contributed by atoms with Crippen LogP contribution in [0.2, 0.25) is 0 Å². The van der Waals surface area contributed by atoms with E-state index in [-0.39, 0.29) is 11.7 Å². The first-order valence-corrected chi connectivity index (χ1v) is 9.17. The van der Waals surface area contributed by atoms with Crippen LogP contribution in [0.25, 0.3) is 5.65 Å². The lowest BCUT2D eigenvalue weighted by atomic mass is 10.1. The Morgan fingerprint density at radius 3 is 2.88 bits per heavy atom. The summed E-state index contributed by atoms with van der Waals surface area (Å²) in [6.45, 7) is 1.93. The van der Waals surface area contributed by atoms with Crippen LogP contribution >= 0.6 is 0 Å². The predicted octanol–water partition coefficient (Wildman–Crippen LogP) is 1.90.